The number of aliphatic imine (C=N–C) groups is 1. The van der Waals surface area contributed by atoms with Gasteiger partial charge in [0.1, 0.15) is 5.82 Å². The summed E-state index contributed by atoms with van der Waals surface area (Å²) < 4.78 is 3.92. The molecule has 1 aliphatic carbocycles. The molecule has 8 heteroatoms. The zero-order valence-corrected chi connectivity index (χ0v) is 18.7. The second kappa shape index (κ2) is 9.76. The van der Waals surface area contributed by atoms with Gasteiger partial charge >= 0.3 is 0 Å². The average molecular weight is 421 g/mol. The fourth-order valence-corrected chi connectivity index (χ4v) is 3.94. The molecule has 0 amide bonds. The van der Waals surface area contributed by atoms with Crippen molar-refractivity contribution >= 4 is 5.96 Å². The monoisotopic (exact) mass is 420 g/mol. The van der Waals surface area contributed by atoms with Gasteiger partial charge in [0.15, 0.2) is 11.8 Å². The molecule has 2 aromatic heterocycles. The Labute approximate surface area is 183 Å². The Kier molecular flexibility index (Phi) is 6.64. The van der Waals surface area contributed by atoms with E-state index in [2.05, 4.69) is 44.1 Å². The predicted molar refractivity (Wildman–Crippen MR) is 122 cm³/mol. The first kappa shape index (κ1) is 21.1. The molecule has 1 aliphatic rings. The lowest BCUT2D eigenvalue weighted by Crippen LogP contribution is -2.44. The maximum Gasteiger partial charge on any atom is 0.192 e. The van der Waals surface area contributed by atoms with Crippen molar-refractivity contribution < 1.29 is 0 Å². The van der Waals surface area contributed by atoms with E-state index in [1.807, 2.05) is 48.5 Å². The minimum absolute atomic E-state index is 0.463. The van der Waals surface area contributed by atoms with Crippen molar-refractivity contribution in [3.8, 4) is 5.69 Å². The first-order valence-electron chi connectivity index (χ1n) is 11.1. The van der Waals surface area contributed by atoms with Crippen molar-refractivity contribution in [3.63, 3.8) is 0 Å². The molecule has 1 fully saturated rings. The molecule has 4 rings (SSSR count). The first-order chi connectivity index (χ1) is 15.1. The lowest BCUT2D eigenvalue weighted by molar-refractivity contribution is 0.409. The lowest BCUT2D eigenvalue weighted by Gasteiger charge is -2.25. The summed E-state index contributed by atoms with van der Waals surface area (Å²) in [6, 6.07) is 10.8. The van der Waals surface area contributed by atoms with Crippen LogP contribution in [0.5, 0.6) is 0 Å². The number of rotatable bonds is 6. The molecule has 0 atom stereocenters. The van der Waals surface area contributed by atoms with Gasteiger partial charge in [-0.05, 0) is 44.4 Å². The van der Waals surface area contributed by atoms with Gasteiger partial charge in [-0.3, -0.25) is 0 Å². The minimum Gasteiger partial charge on any atom is -0.354 e. The van der Waals surface area contributed by atoms with E-state index in [1.54, 1.807) is 0 Å². The quantitative estimate of drug-likeness (QED) is 0.473. The Morgan fingerprint density at radius 2 is 1.90 bits per heavy atom. The van der Waals surface area contributed by atoms with Crippen molar-refractivity contribution in [2.24, 2.45) is 12.0 Å². The molecule has 0 aliphatic heterocycles. The summed E-state index contributed by atoms with van der Waals surface area (Å²) in [6.07, 6.45) is 8.24. The molecule has 1 saturated carbocycles. The maximum atomic E-state index is 4.93. The summed E-state index contributed by atoms with van der Waals surface area (Å²) in [7, 11) is 1.99. The first-order valence-corrected chi connectivity index (χ1v) is 11.1. The number of hydrogen-bond acceptors (Lipinski definition) is 4. The van der Waals surface area contributed by atoms with Gasteiger partial charge in [-0.1, -0.05) is 37.5 Å². The van der Waals surface area contributed by atoms with E-state index in [0.29, 0.717) is 19.1 Å². The Bertz CT molecular complexity index is 1030. The van der Waals surface area contributed by atoms with Gasteiger partial charge in [-0.25, -0.2) is 9.67 Å². The van der Waals surface area contributed by atoms with Crippen molar-refractivity contribution in [1.29, 1.82) is 0 Å². The number of benzene rings is 1. The van der Waals surface area contributed by atoms with E-state index >= 15 is 0 Å². The normalized spacial score (nSPS) is 15.3. The van der Waals surface area contributed by atoms with E-state index in [9.17, 15) is 0 Å². The van der Waals surface area contributed by atoms with Crippen molar-refractivity contribution in [3.05, 3.63) is 59.4 Å². The molecule has 0 unspecified atom stereocenters. The topological polar surface area (TPSA) is 85.0 Å². The highest BCUT2D eigenvalue weighted by Crippen LogP contribution is 2.18. The van der Waals surface area contributed by atoms with Crippen LogP contribution < -0.4 is 10.6 Å². The molecule has 0 spiro atoms. The third kappa shape index (κ3) is 5.31. The number of aromatic nitrogens is 5. The number of para-hydroxylation sites is 1. The number of aryl methyl sites for hydroxylation is 2. The molecule has 0 bridgehead atoms. The van der Waals surface area contributed by atoms with E-state index in [1.165, 1.54) is 32.1 Å². The summed E-state index contributed by atoms with van der Waals surface area (Å²) in [5.74, 6) is 2.61. The molecule has 3 aromatic rings. The van der Waals surface area contributed by atoms with E-state index in [0.717, 1.165) is 34.6 Å². The molecule has 0 radical (unpaired) electrons. The maximum absolute atomic E-state index is 4.93. The molecule has 2 heterocycles. The van der Waals surface area contributed by atoms with Crippen LogP contribution in [0.1, 0.15) is 55.0 Å². The zero-order valence-electron chi connectivity index (χ0n) is 18.7. The number of nitrogens with one attached hydrogen (secondary N) is 2. The Hall–Kier alpha value is -3.16. The van der Waals surface area contributed by atoms with Gasteiger partial charge < -0.3 is 15.2 Å². The molecule has 1 aromatic carbocycles. The largest absolute Gasteiger partial charge is 0.354 e. The van der Waals surface area contributed by atoms with Crippen LogP contribution in [-0.4, -0.2) is 36.5 Å². The molecule has 0 saturated heterocycles. The standard InChI is InChI=1S/C23H32N8/c1-17-13-14-31(29-17)21-12-8-7-9-19(21)15-24-23(26-20-10-5-4-6-11-20)25-16-22-28-27-18(2)30(22)3/h7-9,12-14,20H,4-6,10-11,15-16H2,1-3H3,(H2,24,25,26). The molecule has 2 N–H and O–H groups in total. The van der Waals surface area contributed by atoms with Crippen LogP contribution >= 0.6 is 0 Å². The van der Waals surface area contributed by atoms with Crippen molar-refractivity contribution in [2.45, 2.75) is 65.1 Å². The van der Waals surface area contributed by atoms with E-state index in [-0.39, 0.29) is 0 Å². The average Bonchev–Trinajstić information content (AvgIpc) is 3.36. The van der Waals surface area contributed by atoms with Crippen molar-refractivity contribution in [2.75, 3.05) is 0 Å². The SMILES string of the molecule is Cc1ccn(-c2ccccc2CN=C(NCc2nnc(C)n2C)NC2CCCCC2)n1. The highest BCUT2D eigenvalue weighted by atomic mass is 15.3. The fraction of sp³-hybridized carbons (Fsp3) is 0.478. The van der Waals surface area contributed by atoms with Crippen LogP contribution in [0.25, 0.3) is 5.69 Å². The second-order valence-electron chi connectivity index (χ2n) is 8.25. The van der Waals surface area contributed by atoms with Gasteiger partial charge in [-0.2, -0.15) is 5.10 Å². The van der Waals surface area contributed by atoms with Crippen LogP contribution in [-0.2, 0) is 20.1 Å². The Balaban J connectivity index is 1.52. The van der Waals surface area contributed by atoms with Crippen LogP contribution in [0.4, 0.5) is 0 Å². The number of guanidine groups is 1. The van der Waals surface area contributed by atoms with Gasteiger partial charge in [0, 0.05) is 19.3 Å². The second-order valence-corrected chi connectivity index (χ2v) is 8.25. The fourth-order valence-electron chi connectivity index (χ4n) is 3.94. The van der Waals surface area contributed by atoms with Gasteiger partial charge in [0.2, 0.25) is 0 Å². The summed E-state index contributed by atoms with van der Waals surface area (Å²) in [4.78, 5) is 4.93. The lowest BCUT2D eigenvalue weighted by atomic mass is 9.96. The smallest absolute Gasteiger partial charge is 0.192 e. The number of nitrogens with zero attached hydrogens (tertiary/aromatic N) is 6. The van der Waals surface area contributed by atoms with Crippen LogP contribution in [0.3, 0.4) is 0 Å². The number of hydrogen-bond donors (Lipinski definition) is 2. The Morgan fingerprint density at radius 1 is 1.10 bits per heavy atom. The summed E-state index contributed by atoms with van der Waals surface area (Å²) in [5, 5.41) is 20.1. The van der Waals surface area contributed by atoms with E-state index < -0.39 is 0 Å². The zero-order chi connectivity index (χ0) is 21.6. The molecule has 8 nitrogen and oxygen atoms in total. The summed E-state index contributed by atoms with van der Waals surface area (Å²) in [6.45, 7) is 5.10. The predicted octanol–water partition coefficient (Wildman–Crippen LogP) is 3.19. The van der Waals surface area contributed by atoms with Gasteiger partial charge in [0.05, 0.1) is 24.5 Å². The summed E-state index contributed by atoms with van der Waals surface area (Å²) in [5.41, 5.74) is 3.18. The van der Waals surface area contributed by atoms with E-state index in [4.69, 9.17) is 4.99 Å². The summed E-state index contributed by atoms with van der Waals surface area (Å²) >= 11 is 0. The van der Waals surface area contributed by atoms with Crippen LogP contribution in [0.15, 0.2) is 41.5 Å². The Morgan fingerprint density at radius 3 is 2.61 bits per heavy atom. The molecule has 31 heavy (non-hydrogen) atoms. The molecular formula is C23H32N8. The molecule has 164 valence electrons. The third-order valence-electron chi connectivity index (χ3n) is 5.91. The third-order valence-corrected chi connectivity index (χ3v) is 5.91. The van der Waals surface area contributed by atoms with Gasteiger partial charge in [0.25, 0.3) is 0 Å². The van der Waals surface area contributed by atoms with Crippen LogP contribution in [0.2, 0.25) is 0 Å². The minimum atomic E-state index is 0.463. The molecular weight excluding hydrogens is 388 g/mol. The van der Waals surface area contributed by atoms with Gasteiger partial charge in [-0.15, -0.1) is 10.2 Å². The highest BCUT2D eigenvalue weighted by molar-refractivity contribution is 5.80. The van der Waals surface area contributed by atoms with Crippen molar-refractivity contribution in [1.82, 2.24) is 35.2 Å². The highest BCUT2D eigenvalue weighted by Gasteiger charge is 2.16. The van der Waals surface area contributed by atoms with Crippen LogP contribution in [0, 0.1) is 13.8 Å².